The largest absolute Gasteiger partial charge is 0.494 e. The average Bonchev–Trinajstić information content (AvgIpc) is 3.28. The first kappa shape index (κ1) is 24.9. The quantitative estimate of drug-likeness (QED) is 0.235. The number of para-hydroxylation sites is 1. The van der Waals surface area contributed by atoms with Crippen LogP contribution in [0.3, 0.4) is 0 Å². The van der Waals surface area contributed by atoms with Gasteiger partial charge in [-0.2, -0.15) is 0 Å². The van der Waals surface area contributed by atoms with E-state index in [1.54, 1.807) is 18.2 Å². The van der Waals surface area contributed by atoms with E-state index >= 15 is 0 Å². The Hall–Kier alpha value is -3.20. The van der Waals surface area contributed by atoms with Crippen molar-refractivity contribution in [3.8, 4) is 11.4 Å². The molecule has 0 atom stereocenters. The zero-order valence-corrected chi connectivity index (χ0v) is 21.2. The van der Waals surface area contributed by atoms with E-state index in [-0.39, 0.29) is 11.7 Å². The molecule has 0 aliphatic heterocycles. The molecule has 1 amide bonds. The SMILES string of the molecule is CCOc1ccc(NCc2nnc(SCC(=O)Nc3cc(Cl)ccc3Cl)n2-c2ccccc2)cc1. The Kier molecular flexibility index (Phi) is 8.52. The molecule has 7 nitrogen and oxygen atoms in total. The third-order valence-electron chi connectivity index (χ3n) is 4.87. The lowest BCUT2D eigenvalue weighted by Crippen LogP contribution is -2.15. The number of carbonyl (C=O) groups is 1. The molecule has 0 saturated carbocycles. The second-order valence-corrected chi connectivity index (χ2v) is 9.13. The van der Waals surface area contributed by atoms with Gasteiger partial charge in [0, 0.05) is 16.4 Å². The smallest absolute Gasteiger partial charge is 0.234 e. The van der Waals surface area contributed by atoms with Gasteiger partial charge in [0.2, 0.25) is 5.91 Å². The highest BCUT2D eigenvalue weighted by molar-refractivity contribution is 7.99. The molecule has 0 bridgehead atoms. The molecular formula is C25H23Cl2N5O2S. The lowest BCUT2D eigenvalue weighted by Gasteiger charge is -2.12. The van der Waals surface area contributed by atoms with Gasteiger partial charge in [-0.05, 0) is 61.5 Å². The summed E-state index contributed by atoms with van der Waals surface area (Å²) in [4.78, 5) is 12.6. The number of ether oxygens (including phenoxy) is 1. The summed E-state index contributed by atoms with van der Waals surface area (Å²) >= 11 is 13.5. The summed E-state index contributed by atoms with van der Waals surface area (Å²) in [6, 6.07) is 22.4. The summed E-state index contributed by atoms with van der Waals surface area (Å²) < 4.78 is 7.43. The molecule has 3 aromatic carbocycles. The normalized spacial score (nSPS) is 10.7. The zero-order chi connectivity index (χ0) is 24.6. The fraction of sp³-hybridized carbons (Fsp3) is 0.160. The van der Waals surface area contributed by atoms with Gasteiger partial charge in [0.05, 0.1) is 29.6 Å². The average molecular weight is 528 g/mol. The second kappa shape index (κ2) is 12.0. The highest BCUT2D eigenvalue weighted by Gasteiger charge is 2.16. The summed E-state index contributed by atoms with van der Waals surface area (Å²) in [6.07, 6.45) is 0. The molecule has 0 radical (unpaired) electrons. The van der Waals surface area contributed by atoms with Crippen molar-refractivity contribution in [3.05, 3.63) is 88.7 Å². The molecule has 0 spiro atoms. The van der Waals surface area contributed by atoms with Gasteiger partial charge in [-0.15, -0.1) is 10.2 Å². The molecule has 1 heterocycles. The lowest BCUT2D eigenvalue weighted by molar-refractivity contribution is -0.113. The first-order valence-corrected chi connectivity index (χ1v) is 12.6. The molecule has 10 heteroatoms. The molecule has 0 aliphatic rings. The minimum atomic E-state index is -0.226. The van der Waals surface area contributed by atoms with Crippen LogP contribution in [-0.2, 0) is 11.3 Å². The van der Waals surface area contributed by atoms with Crippen LogP contribution in [0.1, 0.15) is 12.7 Å². The molecule has 180 valence electrons. The van der Waals surface area contributed by atoms with E-state index in [2.05, 4.69) is 20.8 Å². The van der Waals surface area contributed by atoms with E-state index in [1.165, 1.54) is 11.8 Å². The van der Waals surface area contributed by atoms with E-state index in [1.807, 2.05) is 66.1 Å². The van der Waals surface area contributed by atoms with Crippen LogP contribution in [0, 0.1) is 0 Å². The summed E-state index contributed by atoms with van der Waals surface area (Å²) in [6.45, 7) is 3.02. The van der Waals surface area contributed by atoms with Crippen LogP contribution in [0.5, 0.6) is 5.75 Å². The van der Waals surface area contributed by atoms with Gasteiger partial charge in [0.25, 0.3) is 0 Å². The Bertz CT molecular complexity index is 1280. The predicted molar refractivity (Wildman–Crippen MR) is 142 cm³/mol. The topological polar surface area (TPSA) is 81.1 Å². The molecule has 0 fully saturated rings. The van der Waals surface area contributed by atoms with Crippen molar-refractivity contribution >= 4 is 52.2 Å². The van der Waals surface area contributed by atoms with Gasteiger partial charge in [-0.1, -0.05) is 53.2 Å². The number of anilines is 2. The first-order chi connectivity index (χ1) is 17.0. The number of rotatable bonds is 10. The van der Waals surface area contributed by atoms with E-state index in [9.17, 15) is 4.79 Å². The fourth-order valence-electron chi connectivity index (χ4n) is 3.27. The number of amides is 1. The van der Waals surface area contributed by atoms with Crippen molar-refractivity contribution in [3.63, 3.8) is 0 Å². The molecule has 35 heavy (non-hydrogen) atoms. The van der Waals surface area contributed by atoms with Crippen molar-refractivity contribution in [2.75, 3.05) is 23.0 Å². The molecule has 1 aromatic heterocycles. The fourth-order valence-corrected chi connectivity index (χ4v) is 4.38. The van der Waals surface area contributed by atoms with Crippen LogP contribution < -0.4 is 15.4 Å². The van der Waals surface area contributed by atoms with E-state index in [4.69, 9.17) is 27.9 Å². The number of halogens is 2. The minimum Gasteiger partial charge on any atom is -0.494 e. The van der Waals surface area contributed by atoms with E-state index in [0.717, 1.165) is 17.1 Å². The number of carbonyl (C=O) groups excluding carboxylic acids is 1. The predicted octanol–water partition coefficient (Wildman–Crippen LogP) is 6.32. The lowest BCUT2D eigenvalue weighted by atomic mass is 10.3. The maximum atomic E-state index is 12.6. The Morgan fingerprint density at radius 1 is 1.03 bits per heavy atom. The molecule has 4 aromatic rings. The maximum absolute atomic E-state index is 12.6. The molecular weight excluding hydrogens is 505 g/mol. The van der Waals surface area contributed by atoms with Gasteiger partial charge < -0.3 is 15.4 Å². The summed E-state index contributed by atoms with van der Waals surface area (Å²) in [5.74, 6) is 1.43. The number of hydrogen-bond acceptors (Lipinski definition) is 6. The van der Waals surface area contributed by atoms with Crippen LogP contribution in [-0.4, -0.2) is 33.0 Å². The molecule has 0 aliphatic carbocycles. The number of hydrogen-bond donors (Lipinski definition) is 2. The summed E-state index contributed by atoms with van der Waals surface area (Å²) in [5, 5.41) is 16.4. The second-order valence-electron chi connectivity index (χ2n) is 7.34. The van der Waals surface area contributed by atoms with Crippen LogP contribution in [0.15, 0.2) is 78.0 Å². The van der Waals surface area contributed by atoms with Gasteiger partial charge in [-0.3, -0.25) is 9.36 Å². The van der Waals surface area contributed by atoms with E-state index < -0.39 is 0 Å². The highest BCUT2D eigenvalue weighted by Crippen LogP contribution is 2.27. The maximum Gasteiger partial charge on any atom is 0.234 e. The van der Waals surface area contributed by atoms with Gasteiger partial charge in [0.1, 0.15) is 5.75 Å². The van der Waals surface area contributed by atoms with Gasteiger partial charge >= 0.3 is 0 Å². The van der Waals surface area contributed by atoms with Crippen LogP contribution >= 0.6 is 35.0 Å². The third kappa shape index (κ3) is 6.69. The molecule has 0 unspecified atom stereocenters. The van der Waals surface area contributed by atoms with Crippen molar-refractivity contribution in [1.29, 1.82) is 0 Å². The molecule has 2 N–H and O–H groups in total. The molecule has 4 rings (SSSR count). The van der Waals surface area contributed by atoms with Crippen molar-refractivity contribution < 1.29 is 9.53 Å². The summed E-state index contributed by atoms with van der Waals surface area (Å²) in [7, 11) is 0. The Morgan fingerprint density at radius 2 is 1.80 bits per heavy atom. The standard InChI is InChI=1S/C25H23Cl2N5O2S/c1-2-34-20-11-9-18(10-12-20)28-15-23-30-31-25(32(23)19-6-4-3-5-7-19)35-16-24(33)29-22-14-17(26)8-13-21(22)27/h3-14,28H,2,15-16H2,1H3,(H,29,33). The number of benzene rings is 3. The number of nitrogens with zero attached hydrogens (tertiary/aromatic N) is 3. The number of nitrogens with one attached hydrogen (secondary N) is 2. The van der Waals surface area contributed by atoms with Gasteiger partial charge in [0.15, 0.2) is 11.0 Å². The monoisotopic (exact) mass is 527 g/mol. The third-order valence-corrected chi connectivity index (χ3v) is 6.36. The van der Waals surface area contributed by atoms with Gasteiger partial charge in [-0.25, -0.2) is 0 Å². The highest BCUT2D eigenvalue weighted by atomic mass is 35.5. The zero-order valence-electron chi connectivity index (χ0n) is 18.9. The van der Waals surface area contributed by atoms with Crippen LogP contribution in [0.2, 0.25) is 10.0 Å². The minimum absolute atomic E-state index is 0.125. The van der Waals surface area contributed by atoms with E-state index in [0.29, 0.717) is 39.9 Å². The molecule has 0 saturated heterocycles. The summed E-state index contributed by atoms with van der Waals surface area (Å²) in [5.41, 5.74) is 2.30. The van der Waals surface area contributed by atoms with Crippen LogP contribution in [0.4, 0.5) is 11.4 Å². The van der Waals surface area contributed by atoms with Crippen molar-refractivity contribution in [2.45, 2.75) is 18.6 Å². The van der Waals surface area contributed by atoms with Crippen molar-refractivity contribution in [1.82, 2.24) is 14.8 Å². The Balaban J connectivity index is 1.47. The Morgan fingerprint density at radius 3 is 2.54 bits per heavy atom. The number of aromatic nitrogens is 3. The first-order valence-electron chi connectivity index (χ1n) is 10.9. The number of thioether (sulfide) groups is 1. The Labute approximate surface area is 217 Å². The van der Waals surface area contributed by atoms with Crippen molar-refractivity contribution in [2.24, 2.45) is 0 Å². The van der Waals surface area contributed by atoms with Crippen LogP contribution in [0.25, 0.3) is 5.69 Å².